The minimum absolute atomic E-state index is 0.635. The van der Waals surface area contributed by atoms with Crippen LogP contribution in [0.25, 0.3) is 0 Å². The molecule has 1 saturated heterocycles. The zero-order valence-corrected chi connectivity index (χ0v) is 6.27. The van der Waals surface area contributed by atoms with Gasteiger partial charge in [-0.1, -0.05) is 0 Å². The summed E-state index contributed by atoms with van der Waals surface area (Å²) in [5.41, 5.74) is 5.48. The Morgan fingerprint density at radius 3 is 2.89 bits per heavy atom. The van der Waals surface area contributed by atoms with Crippen LogP contribution in [0.2, 0.25) is 0 Å². The molecule has 0 radical (unpaired) electrons. The first-order chi connectivity index (χ1) is 4.33. The lowest BCUT2D eigenvalue weighted by Crippen LogP contribution is -2.32. The maximum Gasteiger partial charge on any atom is 0.0179 e. The van der Waals surface area contributed by atoms with Crippen molar-refractivity contribution in [2.45, 2.75) is 12.8 Å². The zero-order valence-electron chi connectivity index (χ0n) is 5.52. The summed E-state index contributed by atoms with van der Waals surface area (Å²) in [5.74, 6) is 0.635. The van der Waals surface area contributed by atoms with Crippen LogP contribution in [0.3, 0.4) is 0 Å². The molecule has 0 amide bonds. The fourth-order valence-electron chi connectivity index (χ4n) is 1.21. The summed E-state index contributed by atoms with van der Waals surface area (Å²) in [7, 11) is 0. The third kappa shape index (κ3) is 2.12. The third-order valence-electron chi connectivity index (χ3n) is 1.80. The number of halogens is 1. The van der Waals surface area contributed by atoms with Crippen molar-refractivity contribution in [1.82, 2.24) is 4.42 Å². The Bertz CT molecular complexity index is 87.1. The molecule has 9 heavy (non-hydrogen) atoms. The largest absolute Gasteiger partial charge is 0.330 e. The van der Waals surface area contributed by atoms with Gasteiger partial charge in [0.15, 0.2) is 0 Å². The molecule has 54 valence electrons. The van der Waals surface area contributed by atoms with Gasteiger partial charge in [0, 0.05) is 13.1 Å². The smallest absolute Gasteiger partial charge is 0.0179 e. The quantitative estimate of drug-likeness (QED) is 0.558. The molecule has 2 nitrogen and oxygen atoms in total. The first kappa shape index (κ1) is 7.32. The summed E-state index contributed by atoms with van der Waals surface area (Å²) in [5, 5.41) is 0. The van der Waals surface area contributed by atoms with Gasteiger partial charge in [0.2, 0.25) is 0 Å². The van der Waals surface area contributed by atoms with E-state index in [4.69, 9.17) is 17.5 Å². The molecular formula is C6H13ClN2. The van der Waals surface area contributed by atoms with Gasteiger partial charge in [-0.3, -0.25) is 0 Å². The van der Waals surface area contributed by atoms with Gasteiger partial charge < -0.3 is 5.73 Å². The second-order valence-electron chi connectivity index (χ2n) is 2.61. The summed E-state index contributed by atoms with van der Waals surface area (Å²) in [6, 6.07) is 0. The maximum absolute atomic E-state index is 5.77. The number of piperidine rings is 1. The van der Waals surface area contributed by atoms with E-state index in [1.54, 1.807) is 0 Å². The molecule has 0 bridgehead atoms. The monoisotopic (exact) mass is 148 g/mol. The minimum atomic E-state index is 0.635. The standard InChI is InChI=1S/C6H13ClN2/c7-9-3-1-2-6(4-8)5-9/h6H,1-5,8H2. The van der Waals surface area contributed by atoms with Crippen LogP contribution in [-0.2, 0) is 0 Å². The first-order valence-electron chi connectivity index (χ1n) is 3.43. The molecule has 3 heteroatoms. The second-order valence-corrected chi connectivity index (χ2v) is 3.09. The topological polar surface area (TPSA) is 29.3 Å². The fourth-order valence-corrected chi connectivity index (χ4v) is 1.52. The number of nitrogens with zero attached hydrogens (tertiary/aromatic N) is 1. The van der Waals surface area contributed by atoms with E-state index in [-0.39, 0.29) is 0 Å². The summed E-state index contributed by atoms with van der Waals surface area (Å²) in [6.07, 6.45) is 2.45. The zero-order chi connectivity index (χ0) is 6.69. The normalized spacial score (nSPS) is 30.7. The van der Waals surface area contributed by atoms with Crippen molar-refractivity contribution in [2.24, 2.45) is 11.7 Å². The molecule has 1 rings (SSSR count). The third-order valence-corrected chi connectivity index (χ3v) is 2.11. The van der Waals surface area contributed by atoms with Gasteiger partial charge in [0.05, 0.1) is 0 Å². The molecule has 1 aliphatic heterocycles. The first-order valence-corrected chi connectivity index (χ1v) is 3.77. The van der Waals surface area contributed by atoms with Crippen molar-refractivity contribution >= 4 is 11.8 Å². The van der Waals surface area contributed by atoms with E-state index in [0.29, 0.717) is 5.92 Å². The van der Waals surface area contributed by atoms with Crippen LogP contribution in [-0.4, -0.2) is 24.1 Å². The van der Waals surface area contributed by atoms with Gasteiger partial charge in [0.25, 0.3) is 0 Å². The van der Waals surface area contributed by atoms with Crippen molar-refractivity contribution in [3.8, 4) is 0 Å². The van der Waals surface area contributed by atoms with Crippen molar-refractivity contribution in [3.05, 3.63) is 0 Å². The van der Waals surface area contributed by atoms with Gasteiger partial charge in [-0.25, -0.2) is 4.42 Å². The average Bonchev–Trinajstić information content (AvgIpc) is 1.88. The van der Waals surface area contributed by atoms with Crippen molar-refractivity contribution < 1.29 is 0 Å². The lowest BCUT2D eigenvalue weighted by Gasteiger charge is -2.26. The summed E-state index contributed by atoms with van der Waals surface area (Å²) in [4.78, 5) is 0. The van der Waals surface area contributed by atoms with Crippen LogP contribution in [0.4, 0.5) is 0 Å². The SMILES string of the molecule is NCC1CCCN(Cl)C1. The molecule has 1 aliphatic rings. The van der Waals surface area contributed by atoms with E-state index in [1.165, 1.54) is 12.8 Å². The molecule has 2 N–H and O–H groups in total. The molecule has 0 aromatic rings. The number of nitrogens with two attached hydrogens (primary N) is 1. The molecule has 0 spiro atoms. The molecule has 0 aromatic carbocycles. The number of rotatable bonds is 1. The molecule has 1 heterocycles. The Balaban J connectivity index is 2.23. The van der Waals surface area contributed by atoms with Gasteiger partial charge in [-0.05, 0) is 37.1 Å². The lowest BCUT2D eigenvalue weighted by molar-refractivity contribution is 0.282. The highest BCUT2D eigenvalue weighted by Gasteiger charge is 2.16. The van der Waals surface area contributed by atoms with Crippen LogP contribution in [0.5, 0.6) is 0 Å². The Labute approximate surface area is 61.1 Å². The summed E-state index contributed by atoms with van der Waals surface area (Å²) in [6.45, 7) is 2.78. The lowest BCUT2D eigenvalue weighted by atomic mass is 10.0. The number of hydrogen-bond acceptors (Lipinski definition) is 2. The molecule has 0 aromatic heterocycles. The van der Waals surface area contributed by atoms with Crippen LogP contribution in [0, 0.1) is 5.92 Å². The van der Waals surface area contributed by atoms with E-state index in [1.807, 2.05) is 4.42 Å². The highest BCUT2D eigenvalue weighted by Crippen LogP contribution is 2.15. The highest BCUT2D eigenvalue weighted by atomic mass is 35.5. The molecule has 0 aliphatic carbocycles. The fraction of sp³-hybridized carbons (Fsp3) is 1.00. The van der Waals surface area contributed by atoms with Crippen LogP contribution < -0.4 is 5.73 Å². The van der Waals surface area contributed by atoms with Crippen LogP contribution in [0.1, 0.15) is 12.8 Å². The molecule has 1 atom stereocenters. The highest BCUT2D eigenvalue weighted by molar-refractivity contribution is 6.13. The van der Waals surface area contributed by atoms with Crippen molar-refractivity contribution in [3.63, 3.8) is 0 Å². The Kier molecular flexibility index (Phi) is 2.76. The summed E-state index contributed by atoms with van der Waals surface area (Å²) < 4.78 is 1.83. The second kappa shape index (κ2) is 3.40. The van der Waals surface area contributed by atoms with E-state index < -0.39 is 0 Å². The summed E-state index contributed by atoms with van der Waals surface area (Å²) >= 11 is 5.77. The van der Waals surface area contributed by atoms with Crippen LogP contribution >= 0.6 is 11.8 Å². The van der Waals surface area contributed by atoms with Gasteiger partial charge in [-0.2, -0.15) is 0 Å². The Morgan fingerprint density at radius 2 is 2.44 bits per heavy atom. The molecular weight excluding hydrogens is 136 g/mol. The van der Waals surface area contributed by atoms with Crippen LogP contribution in [0.15, 0.2) is 0 Å². The van der Waals surface area contributed by atoms with E-state index in [2.05, 4.69) is 0 Å². The Morgan fingerprint density at radius 1 is 1.67 bits per heavy atom. The predicted octanol–water partition coefficient (Wildman–Crippen LogP) is 0.811. The van der Waals surface area contributed by atoms with E-state index in [9.17, 15) is 0 Å². The van der Waals surface area contributed by atoms with Crippen molar-refractivity contribution in [2.75, 3.05) is 19.6 Å². The predicted molar refractivity (Wildman–Crippen MR) is 39.2 cm³/mol. The van der Waals surface area contributed by atoms with Crippen molar-refractivity contribution in [1.29, 1.82) is 0 Å². The van der Waals surface area contributed by atoms with Gasteiger partial charge in [0.1, 0.15) is 0 Å². The minimum Gasteiger partial charge on any atom is -0.330 e. The van der Waals surface area contributed by atoms with Gasteiger partial charge in [-0.15, -0.1) is 0 Å². The molecule has 1 fully saturated rings. The van der Waals surface area contributed by atoms with E-state index >= 15 is 0 Å². The average molecular weight is 149 g/mol. The molecule has 1 unspecified atom stereocenters. The van der Waals surface area contributed by atoms with E-state index in [0.717, 1.165) is 19.6 Å². The van der Waals surface area contributed by atoms with Gasteiger partial charge >= 0.3 is 0 Å². The Hall–Kier alpha value is 0.210. The maximum atomic E-state index is 5.77. The number of hydrogen-bond donors (Lipinski definition) is 1. The molecule has 0 saturated carbocycles.